The Kier molecular flexibility index (Phi) is 4.22. The van der Waals surface area contributed by atoms with Crippen molar-refractivity contribution in [1.82, 2.24) is 0 Å². The van der Waals surface area contributed by atoms with Gasteiger partial charge in [-0.2, -0.15) is 5.26 Å². The summed E-state index contributed by atoms with van der Waals surface area (Å²) < 4.78 is 0. The summed E-state index contributed by atoms with van der Waals surface area (Å²) >= 11 is 1.43. The van der Waals surface area contributed by atoms with Gasteiger partial charge in [-0.3, -0.25) is 0 Å². The molecule has 2 rings (SSSR count). The normalized spacial score (nSPS) is 9.84. The summed E-state index contributed by atoms with van der Waals surface area (Å²) in [6.07, 6.45) is 0. The number of thioether (sulfide) groups is 1. The van der Waals surface area contributed by atoms with E-state index in [0.717, 1.165) is 5.56 Å². The Morgan fingerprint density at radius 2 is 1.84 bits per heavy atom. The van der Waals surface area contributed by atoms with Crippen molar-refractivity contribution in [3.8, 4) is 6.07 Å². The minimum Gasteiger partial charge on any atom is -0.478 e. The molecule has 0 heterocycles. The van der Waals surface area contributed by atoms with E-state index in [1.807, 2.05) is 24.3 Å². The zero-order valence-electron chi connectivity index (χ0n) is 10.0. The summed E-state index contributed by atoms with van der Waals surface area (Å²) in [5.74, 6) is -0.356. The molecule has 4 heteroatoms. The summed E-state index contributed by atoms with van der Waals surface area (Å²) in [6, 6.07) is 16.4. The predicted octanol–water partition coefficient (Wildman–Crippen LogP) is 3.55. The standard InChI is InChI=1S/C15H11NO2S/c16-9-11-5-1-2-6-12(11)10-19-14-8-4-3-7-13(14)15(17)18/h1-8H,10H2,(H,17,18). The number of hydrogen-bond acceptors (Lipinski definition) is 3. The molecule has 0 bridgehead atoms. The van der Waals surface area contributed by atoms with Crippen molar-refractivity contribution in [2.45, 2.75) is 10.6 Å². The van der Waals surface area contributed by atoms with Crippen molar-refractivity contribution in [2.24, 2.45) is 0 Å². The van der Waals surface area contributed by atoms with Crippen LogP contribution in [0.2, 0.25) is 0 Å². The molecule has 2 aromatic rings. The molecule has 2 aromatic carbocycles. The number of benzene rings is 2. The van der Waals surface area contributed by atoms with Crippen molar-refractivity contribution in [2.75, 3.05) is 0 Å². The number of hydrogen-bond donors (Lipinski definition) is 1. The molecule has 19 heavy (non-hydrogen) atoms. The number of aromatic carboxylic acids is 1. The first kappa shape index (κ1) is 13.2. The maximum atomic E-state index is 11.1. The van der Waals surface area contributed by atoms with E-state index in [4.69, 9.17) is 10.4 Å². The van der Waals surface area contributed by atoms with Crippen LogP contribution in [0.25, 0.3) is 0 Å². The van der Waals surface area contributed by atoms with Gasteiger partial charge in [-0.05, 0) is 23.8 Å². The highest BCUT2D eigenvalue weighted by Gasteiger charge is 2.10. The highest BCUT2D eigenvalue weighted by molar-refractivity contribution is 7.98. The van der Waals surface area contributed by atoms with Gasteiger partial charge in [0.25, 0.3) is 0 Å². The van der Waals surface area contributed by atoms with Crippen molar-refractivity contribution in [3.05, 3.63) is 65.2 Å². The highest BCUT2D eigenvalue weighted by Crippen LogP contribution is 2.27. The molecular weight excluding hydrogens is 258 g/mol. The van der Waals surface area contributed by atoms with Crippen LogP contribution in [-0.4, -0.2) is 11.1 Å². The molecule has 0 aromatic heterocycles. The van der Waals surface area contributed by atoms with Crippen LogP contribution in [0.3, 0.4) is 0 Å². The number of carboxylic acids is 1. The minimum absolute atomic E-state index is 0.293. The average Bonchev–Trinajstić information content (AvgIpc) is 2.45. The molecule has 0 saturated heterocycles. The Bertz CT molecular complexity index is 647. The Hall–Kier alpha value is -2.25. The van der Waals surface area contributed by atoms with Crippen molar-refractivity contribution < 1.29 is 9.90 Å². The monoisotopic (exact) mass is 269 g/mol. The predicted molar refractivity (Wildman–Crippen MR) is 74.1 cm³/mol. The molecule has 0 unspecified atom stereocenters. The van der Waals surface area contributed by atoms with E-state index in [2.05, 4.69) is 6.07 Å². The lowest BCUT2D eigenvalue weighted by Crippen LogP contribution is -1.98. The molecule has 0 spiro atoms. The molecule has 0 saturated carbocycles. The van der Waals surface area contributed by atoms with Gasteiger partial charge in [0.05, 0.1) is 17.2 Å². The number of nitriles is 1. The van der Waals surface area contributed by atoms with Crippen LogP contribution in [-0.2, 0) is 5.75 Å². The van der Waals surface area contributed by atoms with Crippen LogP contribution in [0.15, 0.2) is 53.4 Å². The van der Waals surface area contributed by atoms with Crippen molar-refractivity contribution >= 4 is 17.7 Å². The zero-order valence-corrected chi connectivity index (χ0v) is 10.9. The topological polar surface area (TPSA) is 61.1 Å². The van der Waals surface area contributed by atoms with E-state index >= 15 is 0 Å². The third-order valence-electron chi connectivity index (χ3n) is 2.64. The maximum absolute atomic E-state index is 11.1. The SMILES string of the molecule is N#Cc1ccccc1CSc1ccccc1C(=O)O. The van der Waals surface area contributed by atoms with E-state index in [1.165, 1.54) is 11.8 Å². The Morgan fingerprint density at radius 1 is 1.16 bits per heavy atom. The van der Waals surface area contributed by atoms with Gasteiger partial charge in [-0.15, -0.1) is 11.8 Å². The highest BCUT2D eigenvalue weighted by atomic mass is 32.2. The molecule has 0 aliphatic carbocycles. The van der Waals surface area contributed by atoms with Crippen LogP contribution in [0, 0.1) is 11.3 Å². The lowest BCUT2D eigenvalue weighted by atomic mass is 10.1. The van der Waals surface area contributed by atoms with Gasteiger partial charge >= 0.3 is 5.97 Å². The molecule has 3 nitrogen and oxygen atoms in total. The fourth-order valence-electron chi connectivity index (χ4n) is 1.68. The van der Waals surface area contributed by atoms with Gasteiger partial charge in [0.1, 0.15) is 0 Å². The largest absolute Gasteiger partial charge is 0.478 e. The Balaban J connectivity index is 2.20. The van der Waals surface area contributed by atoms with Crippen LogP contribution in [0.5, 0.6) is 0 Å². The number of rotatable bonds is 4. The van der Waals surface area contributed by atoms with Crippen LogP contribution >= 0.6 is 11.8 Å². The van der Waals surface area contributed by atoms with Gasteiger partial charge in [-0.1, -0.05) is 30.3 Å². The smallest absolute Gasteiger partial charge is 0.336 e. The second-order valence-corrected chi connectivity index (χ2v) is 4.88. The van der Waals surface area contributed by atoms with Crippen molar-refractivity contribution in [1.29, 1.82) is 5.26 Å². The summed E-state index contributed by atoms with van der Waals surface area (Å²) in [7, 11) is 0. The second-order valence-electron chi connectivity index (χ2n) is 3.86. The van der Waals surface area contributed by atoms with Gasteiger partial charge < -0.3 is 5.11 Å². The van der Waals surface area contributed by atoms with E-state index in [-0.39, 0.29) is 0 Å². The van der Waals surface area contributed by atoms with E-state index < -0.39 is 5.97 Å². The van der Waals surface area contributed by atoms with Crippen LogP contribution in [0.4, 0.5) is 0 Å². The fraction of sp³-hybridized carbons (Fsp3) is 0.0667. The van der Waals surface area contributed by atoms with Crippen LogP contribution in [0.1, 0.15) is 21.5 Å². The Morgan fingerprint density at radius 3 is 2.58 bits per heavy atom. The van der Waals surface area contributed by atoms with Gasteiger partial charge in [-0.25, -0.2) is 4.79 Å². The third-order valence-corrected chi connectivity index (χ3v) is 3.76. The average molecular weight is 269 g/mol. The molecule has 0 aliphatic heterocycles. The second kappa shape index (κ2) is 6.07. The first-order chi connectivity index (χ1) is 9.22. The number of carboxylic acid groups (broad SMARTS) is 1. The van der Waals surface area contributed by atoms with E-state index in [1.54, 1.807) is 24.3 Å². The van der Waals surface area contributed by atoms with E-state index in [0.29, 0.717) is 21.8 Å². The molecular formula is C15H11NO2S. The van der Waals surface area contributed by atoms with Gasteiger partial charge in [0.2, 0.25) is 0 Å². The van der Waals surface area contributed by atoms with E-state index in [9.17, 15) is 4.79 Å². The fourth-order valence-corrected chi connectivity index (χ4v) is 2.73. The maximum Gasteiger partial charge on any atom is 0.336 e. The third kappa shape index (κ3) is 3.15. The quantitative estimate of drug-likeness (QED) is 0.862. The molecule has 0 fully saturated rings. The molecule has 0 aliphatic rings. The first-order valence-corrected chi connectivity index (χ1v) is 6.64. The molecule has 1 N–H and O–H groups in total. The summed E-state index contributed by atoms with van der Waals surface area (Å²) in [6.45, 7) is 0. The molecule has 94 valence electrons. The summed E-state index contributed by atoms with van der Waals surface area (Å²) in [5, 5.41) is 18.1. The lowest BCUT2D eigenvalue weighted by Gasteiger charge is -2.06. The Labute approximate surface area is 115 Å². The molecule has 0 atom stereocenters. The van der Waals surface area contributed by atoms with Gasteiger partial charge in [0, 0.05) is 10.6 Å². The molecule has 0 amide bonds. The van der Waals surface area contributed by atoms with Gasteiger partial charge in [0.15, 0.2) is 0 Å². The minimum atomic E-state index is -0.934. The summed E-state index contributed by atoms with van der Waals surface area (Å²) in [4.78, 5) is 11.8. The van der Waals surface area contributed by atoms with Crippen LogP contribution < -0.4 is 0 Å². The number of nitrogens with zero attached hydrogens (tertiary/aromatic N) is 1. The lowest BCUT2D eigenvalue weighted by molar-refractivity contribution is 0.0693. The van der Waals surface area contributed by atoms with Crippen molar-refractivity contribution in [3.63, 3.8) is 0 Å². The zero-order chi connectivity index (χ0) is 13.7. The number of carbonyl (C=O) groups is 1. The molecule has 0 radical (unpaired) electrons. The summed E-state index contributed by atoms with van der Waals surface area (Å²) in [5.41, 5.74) is 1.83. The first-order valence-electron chi connectivity index (χ1n) is 5.65.